The number of unbranched alkanes of at least 4 members (excludes halogenated alkanes) is 1. The van der Waals surface area contributed by atoms with Crippen molar-refractivity contribution < 1.29 is 21.3 Å². The minimum atomic E-state index is -1.23. The molecule has 2 unspecified atom stereocenters. The first kappa shape index (κ1) is 13.2. The predicted molar refractivity (Wildman–Crippen MR) is 66.9 cm³/mol. The van der Waals surface area contributed by atoms with E-state index >= 15 is 0 Å². The Morgan fingerprint density at radius 3 is 2.76 bits per heavy atom. The second-order valence-electron chi connectivity index (χ2n) is 3.20. The van der Waals surface area contributed by atoms with Gasteiger partial charge in [0.2, 0.25) is 0 Å². The van der Waals surface area contributed by atoms with Gasteiger partial charge in [-0.25, -0.2) is 0 Å². The van der Waals surface area contributed by atoms with Crippen molar-refractivity contribution in [3.05, 3.63) is 0 Å². The highest BCUT2D eigenvalue weighted by atomic mass is 31.2. The van der Waals surface area contributed by atoms with E-state index < -0.39 is 15.4 Å². The van der Waals surface area contributed by atoms with E-state index in [1.165, 1.54) is 0 Å². The van der Waals surface area contributed by atoms with Crippen molar-refractivity contribution in [2.24, 2.45) is 0 Å². The van der Waals surface area contributed by atoms with Gasteiger partial charge in [-0.1, -0.05) is 0 Å². The van der Waals surface area contributed by atoms with E-state index in [4.69, 9.17) is 26.5 Å². The molecule has 6 heteroatoms. The summed E-state index contributed by atoms with van der Waals surface area (Å²) in [5.41, 5.74) is 0. The zero-order valence-corrected chi connectivity index (χ0v) is 11.2. The van der Waals surface area contributed by atoms with Gasteiger partial charge in [0.15, 0.2) is 8.38 Å². The molecule has 2 atom stereocenters. The van der Waals surface area contributed by atoms with Crippen molar-refractivity contribution in [2.75, 3.05) is 46.8 Å². The van der Waals surface area contributed by atoms with Crippen LogP contribution in [-0.2, 0) is 18.5 Å². The maximum atomic E-state index is 8.34. The smallest absolute Gasteiger partial charge is 0.167 e. The normalized spacial score (nSPS) is 15.8. The third kappa shape index (κ3) is 13.7. The first-order valence-corrected chi connectivity index (χ1v) is 7.19. The third-order valence-electron chi connectivity index (χ3n) is 1.79. The summed E-state index contributed by atoms with van der Waals surface area (Å²) < 4.78 is 34.3. The summed E-state index contributed by atoms with van der Waals surface area (Å²) in [5.74, 6) is 0. The Hall–Kier alpha value is -0.240. The lowest BCUT2D eigenvalue weighted by Crippen LogP contribution is -2.03. The molecule has 0 aliphatic carbocycles. The molecule has 0 heterocycles. The molecule has 0 bridgehead atoms. The molecule has 0 rings (SSSR count). The molecule has 5 nitrogen and oxygen atoms in total. The monoisotopic (exact) mass is 266 g/mol. The Morgan fingerprint density at radius 1 is 1.24 bits per heavy atom. The lowest BCUT2D eigenvalue weighted by molar-refractivity contribution is 0.0673. The van der Waals surface area contributed by atoms with E-state index in [0.29, 0.717) is 32.8 Å². The summed E-state index contributed by atoms with van der Waals surface area (Å²) in [6.45, 7) is 4.22. The predicted octanol–water partition coefficient (Wildman–Crippen LogP) is 2.32. The molecule has 0 fully saturated rings. The fraction of sp³-hybridized carbons (Fsp3) is 0.909. The Kier molecular flexibility index (Phi) is 10.7. The highest BCUT2D eigenvalue weighted by molar-refractivity contribution is 7.46. The summed E-state index contributed by atoms with van der Waals surface area (Å²) in [7, 11) is -2.12. The lowest BCUT2D eigenvalue weighted by atomic mass is 10.3. The largest absolute Gasteiger partial charge is 0.382 e. The molecule has 0 aromatic carbocycles. The van der Waals surface area contributed by atoms with Gasteiger partial charge in [-0.05, 0) is 12.8 Å². The van der Waals surface area contributed by atoms with Gasteiger partial charge in [-0.3, -0.25) is 0 Å². The molecule has 0 saturated carbocycles. The van der Waals surface area contributed by atoms with Crippen LogP contribution in [0.5, 0.6) is 0 Å². The standard InChI is InChI=1S/C11H22NO4P/c1-13-10-11-14-7-3-4-8-15-17(2)16-9-5-6-12/h3-5,7-11H2,1-2H3/i1TD. The van der Waals surface area contributed by atoms with Crippen LogP contribution in [0.3, 0.4) is 0 Å². The Labute approximate surface area is 108 Å². The lowest BCUT2D eigenvalue weighted by Gasteiger charge is -2.11. The van der Waals surface area contributed by atoms with Gasteiger partial charge >= 0.3 is 0 Å². The summed E-state index contributed by atoms with van der Waals surface area (Å²) in [6.07, 6.45) is 2.16. The van der Waals surface area contributed by atoms with Crippen LogP contribution < -0.4 is 0 Å². The summed E-state index contributed by atoms with van der Waals surface area (Å²) >= 11 is 0. The van der Waals surface area contributed by atoms with Crippen LogP contribution >= 0.6 is 8.38 Å². The van der Waals surface area contributed by atoms with E-state index in [-0.39, 0.29) is 6.61 Å². The minimum Gasteiger partial charge on any atom is -0.382 e. The van der Waals surface area contributed by atoms with Gasteiger partial charge < -0.3 is 18.5 Å². The molecular weight excluding hydrogens is 241 g/mol. The number of rotatable bonds is 12. The van der Waals surface area contributed by atoms with Gasteiger partial charge in [0.1, 0.15) is 0 Å². The van der Waals surface area contributed by atoms with E-state index in [0.717, 1.165) is 12.8 Å². The maximum absolute atomic E-state index is 8.34. The summed E-state index contributed by atoms with van der Waals surface area (Å²) in [4.78, 5) is 0. The van der Waals surface area contributed by atoms with Crippen molar-refractivity contribution in [3.63, 3.8) is 0 Å². The molecule has 0 spiro atoms. The van der Waals surface area contributed by atoms with Gasteiger partial charge in [-0.15, -0.1) is 0 Å². The third-order valence-corrected chi connectivity index (χ3v) is 2.88. The molecule has 0 aliphatic heterocycles. The second kappa shape index (κ2) is 13.8. The Morgan fingerprint density at radius 2 is 2.00 bits per heavy atom. The molecule has 100 valence electrons. The van der Waals surface area contributed by atoms with Crippen LogP contribution in [0.25, 0.3) is 0 Å². The fourth-order valence-electron chi connectivity index (χ4n) is 0.966. The van der Waals surface area contributed by atoms with E-state index in [2.05, 4.69) is 0 Å². The molecule has 0 radical (unpaired) electrons. The van der Waals surface area contributed by atoms with Crippen molar-refractivity contribution in [2.45, 2.75) is 19.3 Å². The van der Waals surface area contributed by atoms with E-state index in [9.17, 15) is 0 Å². The van der Waals surface area contributed by atoms with Gasteiger partial charge in [0.25, 0.3) is 0 Å². The van der Waals surface area contributed by atoms with Gasteiger partial charge in [0.05, 0.1) is 41.7 Å². The summed E-state index contributed by atoms with van der Waals surface area (Å²) in [5, 5.41) is 8.34. The number of nitrogens with zero attached hydrogens (tertiary/aromatic N) is 1. The highest BCUT2D eigenvalue weighted by Gasteiger charge is 2.01. The minimum absolute atomic E-state index is 0.279. The zero-order valence-electron chi connectivity index (χ0n) is 12.3. The molecule has 0 saturated heterocycles. The molecule has 0 N–H and O–H groups in total. The number of hydrogen-bond donors (Lipinski definition) is 0. The van der Waals surface area contributed by atoms with Crippen LogP contribution in [0, 0.1) is 11.3 Å². The Bertz CT molecular complexity index is 241. The molecular formula is C11H22NO4P. The SMILES string of the molecule is [2H]C([3H])OCCOCCCCOP(C)OCCC#N. The average molecular weight is 266 g/mol. The summed E-state index contributed by atoms with van der Waals surface area (Å²) in [6, 6.07) is 2.01. The van der Waals surface area contributed by atoms with Crippen LogP contribution in [0.2, 0.25) is 0 Å². The molecule has 0 aromatic heterocycles. The van der Waals surface area contributed by atoms with Crippen molar-refractivity contribution in [1.82, 2.24) is 0 Å². The molecule has 17 heavy (non-hydrogen) atoms. The molecule has 0 aliphatic rings. The van der Waals surface area contributed by atoms with Crippen LogP contribution in [0.4, 0.5) is 0 Å². The highest BCUT2D eigenvalue weighted by Crippen LogP contribution is 2.33. The number of methoxy groups -OCH3 is 1. The Balaban J connectivity index is 3.12. The van der Waals surface area contributed by atoms with Gasteiger partial charge in [-0.2, -0.15) is 5.26 Å². The van der Waals surface area contributed by atoms with Crippen LogP contribution in [0.15, 0.2) is 0 Å². The number of nitriles is 1. The first-order valence-electron chi connectivity index (χ1n) is 6.72. The van der Waals surface area contributed by atoms with Crippen LogP contribution in [-0.4, -0.2) is 46.8 Å². The quantitative estimate of drug-likeness (QED) is 0.401. The van der Waals surface area contributed by atoms with Crippen molar-refractivity contribution >= 4 is 8.38 Å². The average Bonchev–Trinajstić information content (AvgIpc) is 2.36. The maximum Gasteiger partial charge on any atom is 0.167 e. The number of ether oxygens (including phenoxy) is 2. The van der Waals surface area contributed by atoms with Crippen molar-refractivity contribution in [3.8, 4) is 6.07 Å². The zero-order chi connectivity index (χ0) is 14.3. The number of hydrogen-bond acceptors (Lipinski definition) is 5. The van der Waals surface area contributed by atoms with Gasteiger partial charge in [0, 0.05) is 20.3 Å². The second-order valence-corrected chi connectivity index (χ2v) is 4.60. The topological polar surface area (TPSA) is 60.7 Å². The van der Waals surface area contributed by atoms with E-state index in [1.54, 1.807) is 0 Å². The van der Waals surface area contributed by atoms with Crippen LogP contribution in [0.1, 0.15) is 22.0 Å². The fourth-order valence-corrected chi connectivity index (χ4v) is 1.77. The van der Waals surface area contributed by atoms with Crippen molar-refractivity contribution in [1.29, 1.82) is 5.26 Å². The van der Waals surface area contributed by atoms with E-state index in [1.807, 2.05) is 12.7 Å². The molecule has 0 amide bonds. The first-order chi connectivity index (χ1) is 9.16. The molecule has 0 aromatic rings.